The summed E-state index contributed by atoms with van der Waals surface area (Å²) in [5.41, 5.74) is 2.45. The summed E-state index contributed by atoms with van der Waals surface area (Å²) < 4.78 is 18.6. The van der Waals surface area contributed by atoms with Crippen LogP contribution in [0.1, 0.15) is 11.1 Å². The lowest BCUT2D eigenvalue weighted by atomic mass is 10.2. The van der Waals surface area contributed by atoms with E-state index in [0.29, 0.717) is 15.6 Å². The number of aryl methyl sites for hydroxylation is 1. The Kier molecular flexibility index (Phi) is 4.66. The molecule has 0 unspecified atom stereocenters. The summed E-state index contributed by atoms with van der Waals surface area (Å²) in [6, 6.07) is 12.2. The number of nitrogens with one attached hydrogen (secondary N) is 1. The van der Waals surface area contributed by atoms with Crippen molar-refractivity contribution < 1.29 is 13.9 Å². The maximum absolute atomic E-state index is 13.7. The summed E-state index contributed by atoms with van der Waals surface area (Å²) in [6.45, 7) is 1.98. The van der Waals surface area contributed by atoms with Crippen LogP contribution in [0, 0.1) is 12.7 Å². The van der Waals surface area contributed by atoms with Gasteiger partial charge < -0.3 is 10.1 Å². The predicted molar refractivity (Wildman–Crippen MR) is 94.9 cm³/mol. The first kappa shape index (κ1) is 16.3. The fourth-order valence-electron chi connectivity index (χ4n) is 2.22. The number of carbonyl (C=O) groups is 1. The van der Waals surface area contributed by atoms with E-state index >= 15 is 0 Å². The molecule has 0 atom stereocenters. The molecule has 0 saturated carbocycles. The van der Waals surface area contributed by atoms with Gasteiger partial charge in [-0.2, -0.15) is 0 Å². The summed E-state index contributed by atoms with van der Waals surface area (Å²) in [4.78, 5) is 16.9. The van der Waals surface area contributed by atoms with Crippen molar-refractivity contribution in [2.75, 3.05) is 7.11 Å². The zero-order valence-electron chi connectivity index (χ0n) is 13.2. The van der Waals surface area contributed by atoms with Crippen LogP contribution in [-0.2, 0) is 4.79 Å². The lowest BCUT2D eigenvalue weighted by molar-refractivity contribution is -0.115. The van der Waals surface area contributed by atoms with Gasteiger partial charge in [0.2, 0.25) is 0 Å². The summed E-state index contributed by atoms with van der Waals surface area (Å²) >= 11 is 1.23. The van der Waals surface area contributed by atoms with Gasteiger partial charge >= 0.3 is 0 Å². The average Bonchev–Trinajstić information content (AvgIpc) is 2.87. The Labute approximate surface area is 143 Å². The quantitative estimate of drug-likeness (QED) is 0.857. The summed E-state index contributed by atoms with van der Waals surface area (Å²) in [6.07, 6.45) is 1.63. The SMILES string of the molecule is COc1ccc(/C=C2\SC(=Nc3cccc(C)c3)NC2=O)cc1F. The van der Waals surface area contributed by atoms with Crippen LogP contribution >= 0.6 is 11.8 Å². The Bertz CT molecular complexity index is 862. The summed E-state index contributed by atoms with van der Waals surface area (Å²) in [5, 5.41) is 3.22. The van der Waals surface area contributed by atoms with Crippen molar-refractivity contribution in [2.24, 2.45) is 4.99 Å². The molecule has 6 heteroatoms. The van der Waals surface area contributed by atoms with Crippen molar-refractivity contribution >= 4 is 34.6 Å². The monoisotopic (exact) mass is 342 g/mol. The third kappa shape index (κ3) is 3.65. The van der Waals surface area contributed by atoms with Crippen molar-refractivity contribution in [1.82, 2.24) is 5.32 Å². The predicted octanol–water partition coefficient (Wildman–Crippen LogP) is 4.03. The van der Waals surface area contributed by atoms with E-state index in [0.717, 1.165) is 11.3 Å². The van der Waals surface area contributed by atoms with Crippen molar-refractivity contribution in [2.45, 2.75) is 6.92 Å². The number of benzene rings is 2. The molecule has 1 aliphatic heterocycles. The minimum Gasteiger partial charge on any atom is -0.494 e. The number of halogens is 1. The van der Waals surface area contributed by atoms with Crippen molar-refractivity contribution in [3.05, 3.63) is 64.3 Å². The number of hydrogen-bond donors (Lipinski definition) is 1. The molecule has 0 radical (unpaired) electrons. The number of carbonyl (C=O) groups excluding carboxylic acids is 1. The Balaban J connectivity index is 1.83. The number of nitrogens with zero attached hydrogens (tertiary/aromatic N) is 1. The van der Waals surface area contributed by atoms with Crippen LogP contribution in [0.5, 0.6) is 5.75 Å². The molecule has 24 heavy (non-hydrogen) atoms. The highest BCUT2D eigenvalue weighted by molar-refractivity contribution is 8.18. The maximum Gasteiger partial charge on any atom is 0.264 e. The molecular weight excluding hydrogens is 327 g/mol. The van der Waals surface area contributed by atoms with E-state index in [-0.39, 0.29) is 11.7 Å². The van der Waals surface area contributed by atoms with Gasteiger partial charge in [-0.25, -0.2) is 9.38 Å². The second-order valence-electron chi connectivity index (χ2n) is 5.21. The highest BCUT2D eigenvalue weighted by Gasteiger charge is 2.23. The summed E-state index contributed by atoms with van der Waals surface area (Å²) in [7, 11) is 1.41. The van der Waals surface area contributed by atoms with Gasteiger partial charge in [-0.05, 0) is 60.2 Å². The number of amides is 1. The smallest absolute Gasteiger partial charge is 0.264 e. The van der Waals surface area contributed by atoms with Gasteiger partial charge in [0, 0.05) is 0 Å². The fourth-order valence-corrected chi connectivity index (χ4v) is 3.06. The van der Waals surface area contributed by atoms with Gasteiger partial charge in [-0.3, -0.25) is 4.79 Å². The fraction of sp³-hybridized carbons (Fsp3) is 0.111. The van der Waals surface area contributed by atoms with E-state index in [1.807, 2.05) is 31.2 Å². The number of hydrogen-bond acceptors (Lipinski definition) is 4. The molecule has 1 N–H and O–H groups in total. The highest BCUT2D eigenvalue weighted by atomic mass is 32.2. The number of rotatable bonds is 3. The van der Waals surface area contributed by atoms with Crippen molar-refractivity contribution in [3.63, 3.8) is 0 Å². The van der Waals surface area contributed by atoms with Crippen LogP contribution in [-0.4, -0.2) is 18.2 Å². The first-order chi connectivity index (χ1) is 11.5. The van der Waals surface area contributed by atoms with E-state index in [1.165, 1.54) is 31.0 Å². The zero-order valence-corrected chi connectivity index (χ0v) is 14.0. The number of methoxy groups -OCH3 is 1. The van der Waals surface area contributed by atoms with Gasteiger partial charge in [0.25, 0.3) is 5.91 Å². The topological polar surface area (TPSA) is 50.7 Å². The molecule has 1 fully saturated rings. The Morgan fingerprint density at radius 3 is 2.79 bits per heavy atom. The number of amidine groups is 1. The lowest BCUT2D eigenvalue weighted by Gasteiger charge is -2.02. The first-order valence-corrected chi connectivity index (χ1v) is 8.06. The van der Waals surface area contributed by atoms with Crippen molar-refractivity contribution in [1.29, 1.82) is 0 Å². The van der Waals surface area contributed by atoms with Crippen LogP contribution in [0.4, 0.5) is 10.1 Å². The molecule has 0 aliphatic carbocycles. The Hall–Kier alpha value is -2.60. The number of thioether (sulfide) groups is 1. The van der Waals surface area contributed by atoms with Crippen molar-refractivity contribution in [3.8, 4) is 5.75 Å². The number of aliphatic imine (C=N–C) groups is 1. The third-order valence-corrected chi connectivity index (χ3v) is 4.27. The molecule has 0 spiro atoms. The van der Waals surface area contributed by atoms with E-state index in [9.17, 15) is 9.18 Å². The molecule has 122 valence electrons. The van der Waals surface area contributed by atoms with Crippen LogP contribution in [0.2, 0.25) is 0 Å². The van der Waals surface area contributed by atoms with E-state index in [4.69, 9.17) is 4.74 Å². The van der Waals surface area contributed by atoms with Crippen LogP contribution in [0.15, 0.2) is 52.4 Å². The van der Waals surface area contributed by atoms with Crippen LogP contribution < -0.4 is 10.1 Å². The molecule has 2 aromatic carbocycles. The second-order valence-corrected chi connectivity index (χ2v) is 6.25. The van der Waals surface area contributed by atoms with Gasteiger partial charge in [0.05, 0.1) is 17.7 Å². The molecule has 0 aromatic heterocycles. The minimum atomic E-state index is -0.469. The molecule has 1 heterocycles. The normalized spacial score (nSPS) is 17.4. The molecule has 4 nitrogen and oxygen atoms in total. The van der Waals surface area contributed by atoms with Gasteiger partial charge in [0.15, 0.2) is 16.7 Å². The standard InChI is InChI=1S/C18H15FN2O2S/c1-11-4-3-5-13(8-11)20-18-21-17(22)16(24-18)10-12-6-7-15(23-2)14(19)9-12/h3-10H,1-2H3,(H,20,21,22)/b16-10-. The van der Waals surface area contributed by atoms with E-state index in [1.54, 1.807) is 12.1 Å². The summed E-state index contributed by atoms with van der Waals surface area (Å²) in [5.74, 6) is -0.547. The molecule has 0 bridgehead atoms. The lowest BCUT2D eigenvalue weighted by Crippen LogP contribution is -2.19. The Morgan fingerprint density at radius 2 is 2.08 bits per heavy atom. The molecular formula is C18H15FN2O2S. The largest absolute Gasteiger partial charge is 0.494 e. The van der Waals surface area contributed by atoms with Gasteiger partial charge in [-0.1, -0.05) is 18.2 Å². The third-order valence-electron chi connectivity index (χ3n) is 3.36. The molecule has 1 saturated heterocycles. The first-order valence-electron chi connectivity index (χ1n) is 7.25. The van der Waals surface area contributed by atoms with Crippen LogP contribution in [0.25, 0.3) is 6.08 Å². The zero-order chi connectivity index (χ0) is 17.1. The number of ether oxygens (including phenoxy) is 1. The Morgan fingerprint density at radius 1 is 1.25 bits per heavy atom. The average molecular weight is 342 g/mol. The van der Waals surface area contributed by atoms with E-state index < -0.39 is 5.82 Å². The molecule has 3 rings (SSSR count). The molecule has 1 amide bonds. The second kappa shape index (κ2) is 6.88. The maximum atomic E-state index is 13.7. The minimum absolute atomic E-state index is 0.169. The highest BCUT2D eigenvalue weighted by Crippen LogP contribution is 2.29. The van der Waals surface area contributed by atoms with Gasteiger partial charge in [-0.15, -0.1) is 0 Å². The molecule has 2 aromatic rings. The van der Waals surface area contributed by atoms with Gasteiger partial charge in [0.1, 0.15) is 0 Å². The van der Waals surface area contributed by atoms with Crippen LogP contribution in [0.3, 0.4) is 0 Å². The van der Waals surface area contributed by atoms with E-state index in [2.05, 4.69) is 10.3 Å². The molecule has 1 aliphatic rings.